The number of phenolic OH excluding ortho intramolecular Hbond substituents is 1. The lowest BCUT2D eigenvalue weighted by molar-refractivity contribution is 0.432. The van der Waals surface area contributed by atoms with Crippen LogP contribution in [0.1, 0.15) is 25.3 Å². The minimum atomic E-state index is 0.181. The van der Waals surface area contributed by atoms with E-state index in [0.717, 1.165) is 11.1 Å². The molecule has 0 spiro atoms. The van der Waals surface area contributed by atoms with Crippen molar-refractivity contribution in [1.29, 1.82) is 0 Å². The molecule has 4 heteroatoms. The van der Waals surface area contributed by atoms with Crippen LogP contribution < -0.4 is 0 Å². The van der Waals surface area contributed by atoms with Crippen molar-refractivity contribution in [1.82, 2.24) is 10.1 Å². The number of aromatic hydroxyl groups is 1. The molecule has 0 radical (unpaired) electrons. The first-order valence-corrected chi connectivity index (χ1v) is 6.87. The Kier molecular flexibility index (Phi) is 3.44. The van der Waals surface area contributed by atoms with Crippen molar-refractivity contribution in [2.24, 2.45) is 0 Å². The van der Waals surface area contributed by atoms with Gasteiger partial charge in [-0.25, -0.2) is 0 Å². The predicted octanol–water partition coefficient (Wildman–Crippen LogP) is 4.23. The molecular weight excluding hydrogens is 264 g/mol. The number of hydrogen-bond donors (Lipinski definition) is 1. The van der Waals surface area contributed by atoms with Crippen LogP contribution >= 0.6 is 0 Å². The summed E-state index contributed by atoms with van der Waals surface area (Å²) >= 11 is 0. The molecule has 3 aromatic rings. The summed E-state index contributed by atoms with van der Waals surface area (Å²) in [6.45, 7) is 4.31. The van der Waals surface area contributed by atoms with E-state index < -0.39 is 0 Å². The number of benzene rings is 2. The molecule has 106 valence electrons. The first-order valence-electron chi connectivity index (χ1n) is 6.87. The molecule has 0 unspecified atom stereocenters. The van der Waals surface area contributed by atoms with Gasteiger partial charge >= 0.3 is 0 Å². The summed E-state index contributed by atoms with van der Waals surface area (Å²) in [6.07, 6.45) is 0. The van der Waals surface area contributed by atoms with Gasteiger partial charge in [0.05, 0.1) is 0 Å². The number of phenols is 1. The first-order chi connectivity index (χ1) is 10.1. The standard InChI is InChI=1S/C17H16N2O2/c1-11(2)12-6-8-13(9-7-12)17-18-16(19-21-17)14-4-3-5-15(20)10-14/h3-11,20H,1-2H3. The molecule has 0 saturated carbocycles. The molecule has 1 heterocycles. The van der Waals surface area contributed by atoms with E-state index in [1.54, 1.807) is 18.2 Å². The summed E-state index contributed by atoms with van der Waals surface area (Å²) in [5.41, 5.74) is 2.88. The molecule has 0 bridgehead atoms. The zero-order valence-electron chi connectivity index (χ0n) is 11.9. The zero-order valence-corrected chi connectivity index (χ0v) is 11.9. The van der Waals surface area contributed by atoms with Crippen LogP contribution in [0.25, 0.3) is 22.8 Å². The van der Waals surface area contributed by atoms with Crippen LogP contribution in [0.5, 0.6) is 5.75 Å². The topological polar surface area (TPSA) is 59.2 Å². The highest BCUT2D eigenvalue weighted by molar-refractivity contribution is 5.61. The average molecular weight is 280 g/mol. The van der Waals surface area contributed by atoms with Gasteiger partial charge in [-0.2, -0.15) is 4.98 Å². The number of nitrogens with zero attached hydrogens (tertiary/aromatic N) is 2. The summed E-state index contributed by atoms with van der Waals surface area (Å²) < 4.78 is 5.30. The van der Waals surface area contributed by atoms with Crippen LogP contribution in [0.3, 0.4) is 0 Å². The lowest BCUT2D eigenvalue weighted by Crippen LogP contribution is -1.86. The van der Waals surface area contributed by atoms with E-state index >= 15 is 0 Å². The Bertz CT molecular complexity index is 745. The van der Waals surface area contributed by atoms with Crippen molar-refractivity contribution in [2.75, 3.05) is 0 Å². The quantitative estimate of drug-likeness (QED) is 0.779. The highest BCUT2D eigenvalue weighted by Gasteiger charge is 2.11. The van der Waals surface area contributed by atoms with E-state index in [1.807, 2.05) is 18.2 Å². The Morgan fingerprint density at radius 1 is 1.00 bits per heavy atom. The Labute approximate surface area is 123 Å². The van der Waals surface area contributed by atoms with Crippen LogP contribution in [0.2, 0.25) is 0 Å². The second-order valence-electron chi connectivity index (χ2n) is 5.25. The SMILES string of the molecule is CC(C)c1ccc(-c2nc(-c3cccc(O)c3)no2)cc1. The highest BCUT2D eigenvalue weighted by atomic mass is 16.5. The van der Waals surface area contributed by atoms with Crippen molar-refractivity contribution in [3.8, 4) is 28.6 Å². The minimum Gasteiger partial charge on any atom is -0.508 e. The largest absolute Gasteiger partial charge is 0.508 e. The molecule has 0 amide bonds. The van der Waals surface area contributed by atoms with Gasteiger partial charge < -0.3 is 9.63 Å². The number of hydrogen-bond acceptors (Lipinski definition) is 4. The van der Waals surface area contributed by atoms with Crippen molar-refractivity contribution in [2.45, 2.75) is 19.8 Å². The normalized spacial score (nSPS) is 11.0. The third kappa shape index (κ3) is 2.79. The lowest BCUT2D eigenvalue weighted by Gasteiger charge is -2.04. The van der Waals surface area contributed by atoms with E-state index in [2.05, 4.69) is 36.1 Å². The van der Waals surface area contributed by atoms with Gasteiger partial charge in [0.2, 0.25) is 5.82 Å². The Hall–Kier alpha value is -2.62. The fraction of sp³-hybridized carbons (Fsp3) is 0.176. The molecule has 0 saturated heterocycles. The second-order valence-corrected chi connectivity index (χ2v) is 5.25. The molecule has 0 fully saturated rings. The van der Waals surface area contributed by atoms with Crippen LogP contribution in [0, 0.1) is 0 Å². The maximum Gasteiger partial charge on any atom is 0.258 e. The summed E-state index contributed by atoms with van der Waals surface area (Å²) in [7, 11) is 0. The van der Waals surface area contributed by atoms with Crippen molar-refractivity contribution in [3.63, 3.8) is 0 Å². The number of aromatic nitrogens is 2. The molecule has 3 rings (SSSR count). The maximum absolute atomic E-state index is 9.49. The third-order valence-electron chi connectivity index (χ3n) is 3.35. The molecule has 0 aliphatic carbocycles. The van der Waals surface area contributed by atoms with E-state index in [1.165, 1.54) is 5.56 Å². The fourth-order valence-corrected chi connectivity index (χ4v) is 2.11. The molecule has 2 aromatic carbocycles. The van der Waals surface area contributed by atoms with Gasteiger partial charge in [-0.15, -0.1) is 0 Å². The van der Waals surface area contributed by atoms with E-state index in [9.17, 15) is 5.11 Å². The van der Waals surface area contributed by atoms with Gasteiger partial charge in [0.1, 0.15) is 5.75 Å². The van der Waals surface area contributed by atoms with E-state index in [0.29, 0.717) is 17.6 Å². The molecule has 1 N–H and O–H groups in total. The monoisotopic (exact) mass is 280 g/mol. The van der Waals surface area contributed by atoms with Gasteiger partial charge in [-0.1, -0.05) is 43.3 Å². The molecule has 1 aromatic heterocycles. The van der Waals surface area contributed by atoms with E-state index in [-0.39, 0.29) is 5.75 Å². The van der Waals surface area contributed by atoms with Crippen LogP contribution in [-0.4, -0.2) is 15.2 Å². The molecule has 0 atom stereocenters. The Morgan fingerprint density at radius 2 is 1.76 bits per heavy atom. The Balaban J connectivity index is 1.91. The van der Waals surface area contributed by atoms with Gasteiger partial charge in [0.25, 0.3) is 5.89 Å². The molecule has 0 aliphatic rings. The average Bonchev–Trinajstić information content (AvgIpc) is 2.97. The maximum atomic E-state index is 9.49. The van der Waals surface area contributed by atoms with Gasteiger partial charge in [-0.05, 0) is 35.7 Å². The predicted molar refractivity (Wildman–Crippen MR) is 80.9 cm³/mol. The molecule has 0 aliphatic heterocycles. The zero-order chi connectivity index (χ0) is 14.8. The Morgan fingerprint density at radius 3 is 2.43 bits per heavy atom. The van der Waals surface area contributed by atoms with Crippen LogP contribution in [-0.2, 0) is 0 Å². The van der Waals surface area contributed by atoms with Crippen molar-refractivity contribution < 1.29 is 9.63 Å². The summed E-state index contributed by atoms with van der Waals surface area (Å²) in [5.74, 6) is 1.61. The molecular formula is C17H16N2O2. The number of rotatable bonds is 3. The summed E-state index contributed by atoms with van der Waals surface area (Å²) in [4.78, 5) is 4.38. The van der Waals surface area contributed by atoms with Gasteiger partial charge in [0, 0.05) is 11.1 Å². The lowest BCUT2D eigenvalue weighted by atomic mass is 10.0. The van der Waals surface area contributed by atoms with Crippen LogP contribution in [0.4, 0.5) is 0 Å². The molecule has 21 heavy (non-hydrogen) atoms. The smallest absolute Gasteiger partial charge is 0.258 e. The highest BCUT2D eigenvalue weighted by Crippen LogP contribution is 2.25. The van der Waals surface area contributed by atoms with E-state index in [4.69, 9.17) is 4.52 Å². The molecule has 4 nitrogen and oxygen atoms in total. The van der Waals surface area contributed by atoms with Crippen molar-refractivity contribution in [3.05, 3.63) is 54.1 Å². The third-order valence-corrected chi connectivity index (χ3v) is 3.35. The fourth-order valence-electron chi connectivity index (χ4n) is 2.11. The first kappa shape index (κ1) is 13.4. The van der Waals surface area contributed by atoms with Gasteiger partial charge in [-0.3, -0.25) is 0 Å². The summed E-state index contributed by atoms with van der Waals surface area (Å²) in [6, 6.07) is 14.9. The minimum absolute atomic E-state index is 0.181. The van der Waals surface area contributed by atoms with Gasteiger partial charge in [0.15, 0.2) is 0 Å². The van der Waals surface area contributed by atoms with Crippen molar-refractivity contribution >= 4 is 0 Å². The summed E-state index contributed by atoms with van der Waals surface area (Å²) in [5, 5.41) is 13.5. The van der Waals surface area contributed by atoms with Crippen LogP contribution in [0.15, 0.2) is 53.1 Å². The second kappa shape index (κ2) is 5.40.